The molecule has 0 fully saturated rings. The summed E-state index contributed by atoms with van der Waals surface area (Å²) < 4.78 is 31.5. The minimum atomic E-state index is -1.20. The van der Waals surface area contributed by atoms with Gasteiger partial charge in [-0.1, -0.05) is 27.7 Å². The molecule has 3 nitrogen and oxygen atoms in total. The highest BCUT2D eigenvalue weighted by molar-refractivity contribution is 5.84. The quantitative estimate of drug-likeness (QED) is 0.849. The lowest BCUT2D eigenvalue weighted by Crippen LogP contribution is -2.47. The average molecular weight is 315 g/mol. The van der Waals surface area contributed by atoms with Gasteiger partial charge >= 0.3 is 0 Å². The van der Waals surface area contributed by atoms with E-state index in [1.807, 2.05) is 13.8 Å². The summed E-state index contributed by atoms with van der Waals surface area (Å²) in [4.78, 5) is 12.0. The first-order valence-corrected chi connectivity index (χ1v) is 7.64. The maximum atomic E-state index is 13.1. The zero-order valence-electron chi connectivity index (χ0n) is 14.3. The summed E-state index contributed by atoms with van der Waals surface area (Å²) in [6.07, 6.45) is 0.858. The highest BCUT2D eigenvalue weighted by atomic mass is 19.1. The maximum absolute atomic E-state index is 13.1. The first kappa shape index (κ1) is 20.3. The Morgan fingerprint density at radius 1 is 1.18 bits per heavy atom. The molecule has 1 amide bonds. The summed E-state index contributed by atoms with van der Waals surface area (Å²) in [5.74, 6) is -1.32. The molecule has 0 aliphatic heterocycles. The SMILES string of the molecule is CC.CC(C)CCNC(=O)C(C)(C)Oc1cc(F)cc(F)c1. The predicted octanol–water partition coefficient (Wildman–Crippen LogP) is 4.31. The van der Waals surface area contributed by atoms with Crippen molar-refractivity contribution in [3.63, 3.8) is 0 Å². The van der Waals surface area contributed by atoms with Gasteiger partial charge in [-0.25, -0.2) is 8.78 Å². The second-order valence-electron chi connectivity index (χ2n) is 5.66. The number of carbonyl (C=O) groups is 1. The van der Waals surface area contributed by atoms with E-state index in [1.165, 1.54) is 0 Å². The largest absolute Gasteiger partial charge is 0.478 e. The number of rotatable bonds is 6. The number of hydrogen-bond acceptors (Lipinski definition) is 2. The third kappa shape index (κ3) is 7.38. The molecule has 1 rings (SSSR count). The minimum Gasteiger partial charge on any atom is -0.478 e. The summed E-state index contributed by atoms with van der Waals surface area (Å²) >= 11 is 0. The van der Waals surface area contributed by atoms with E-state index < -0.39 is 17.2 Å². The maximum Gasteiger partial charge on any atom is 0.263 e. The van der Waals surface area contributed by atoms with Gasteiger partial charge in [0.2, 0.25) is 0 Å². The first-order chi connectivity index (χ1) is 10.2. The van der Waals surface area contributed by atoms with Crippen molar-refractivity contribution < 1.29 is 18.3 Å². The van der Waals surface area contributed by atoms with Gasteiger partial charge in [-0.05, 0) is 26.2 Å². The van der Waals surface area contributed by atoms with Crippen molar-refractivity contribution in [3.8, 4) is 5.75 Å². The van der Waals surface area contributed by atoms with Gasteiger partial charge in [0.05, 0.1) is 0 Å². The predicted molar refractivity (Wildman–Crippen MR) is 84.9 cm³/mol. The Morgan fingerprint density at radius 2 is 1.68 bits per heavy atom. The first-order valence-electron chi connectivity index (χ1n) is 7.64. The zero-order chi connectivity index (χ0) is 17.3. The van der Waals surface area contributed by atoms with Crippen LogP contribution in [0.4, 0.5) is 8.78 Å². The van der Waals surface area contributed by atoms with E-state index in [4.69, 9.17) is 4.74 Å². The molecule has 0 bridgehead atoms. The van der Waals surface area contributed by atoms with Crippen LogP contribution in [0.1, 0.15) is 48.0 Å². The summed E-state index contributed by atoms with van der Waals surface area (Å²) in [6.45, 7) is 11.8. The number of hydrogen-bond donors (Lipinski definition) is 1. The van der Waals surface area contributed by atoms with Crippen molar-refractivity contribution in [2.24, 2.45) is 5.92 Å². The number of carbonyl (C=O) groups excluding carboxylic acids is 1. The van der Waals surface area contributed by atoms with Gasteiger partial charge in [-0.15, -0.1) is 0 Å². The Morgan fingerprint density at radius 3 is 2.14 bits per heavy atom. The Labute approximate surface area is 132 Å². The molecule has 0 aliphatic rings. The molecule has 1 aromatic carbocycles. The second-order valence-corrected chi connectivity index (χ2v) is 5.66. The van der Waals surface area contributed by atoms with Crippen molar-refractivity contribution >= 4 is 5.91 Å². The van der Waals surface area contributed by atoms with Crippen molar-refractivity contribution in [1.29, 1.82) is 0 Å². The van der Waals surface area contributed by atoms with E-state index in [0.29, 0.717) is 12.5 Å². The van der Waals surface area contributed by atoms with Gasteiger partial charge in [0.25, 0.3) is 5.91 Å². The minimum absolute atomic E-state index is 0.00786. The van der Waals surface area contributed by atoms with Crippen molar-refractivity contribution in [2.45, 2.75) is 53.6 Å². The van der Waals surface area contributed by atoms with Crippen molar-refractivity contribution in [2.75, 3.05) is 6.54 Å². The number of nitrogens with one attached hydrogen (secondary N) is 1. The Hall–Kier alpha value is -1.65. The molecule has 1 N–H and O–H groups in total. The van der Waals surface area contributed by atoms with Crippen LogP contribution in [0.25, 0.3) is 0 Å². The van der Waals surface area contributed by atoms with Crippen LogP contribution in [0.15, 0.2) is 18.2 Å². The summed E-state index contributed by atoms with van der Waals surface area (Å²) in [5, 5.41) is 2.75. The number of benzene rings is 1. The fourth-order valence-electron chi connectivity index (χ4n) is 1.62. The summed E-state index contributed by atoms with van der Waals surface area (Å²) in [5.41, 5.74) is -1.20. The molecule has 5 heteroatoms. The van der Waals surface area contributed by atoms with Crippen LogP contribution in [0.3, 0.4) is 0 Å². The Bertz CT molecular complexity index is 453. The molecule has 0 radical (unpaired) electrons. The smallest absolute Gasteiger partial charge is 0.263 e. The van der Waals surface area contributed by atoms with Gasteiger partial charge in [0.15, 0.2) is 5.60 Å². The van der Waals surface area contributed by atoms with Crippen molar-refractivity contribution in [3.05, 3.63) is 29.8 Å². The molecular formula is C17H27F2NO2. The number of ether oxygens (including phenoxy) is 1. The normalized spacial score (nSPS) is 10.8. The van der Waals surface area contributed by atoms with E-state index in [1.54, 1.807) is 13.8 Å². The number of halogens is 2. The Kier molecular flexibility index (Phi) is 8.68. The average Bonchev–Trinajstić information content (AvgIpc) is 2.38. The molecule has 0 spiro atoms. The van der Waals surface area contributed by atoms with Crippen LogP contribution >= 0.6 is 0 Å². The van der Waals surface area contributed by atoms with Crippen LogP contribution in [-0.2, 0) is 4.79 Å². The highest BCUT2D eigenvalue weighted by Gasteiger charge is 2.29. The van der Waals surface area contributed by atoms with E-state index in [0.717, 1.165) is 24.6 Å². The highest BCUT2D eigenvalue weighted by Crippen LogP contribution is 2.21. The molecule has 0 atom stereocenters. The van der Waals surface area contributed by atoms with Gasteiger partial charge in [0, 0.05) is 24.7 Å². The fourth-order valence-corrected chi connectivity index (χ4v) is 1.62. The lowest BCUT2D eigenvalue weighted by atomic mass is 10.1. The van der Waals surface area contributed by atoms with Crippen LogP contribution in [0.5, 0.6) is 5.75 Å². The third-order valence-corrected chi connectivity index (χ3v) is 2.76. The van der Waals surface area contributed by atoms with E-state index in [2.05, 4.69) is 19.2 Å². The molecular weight excluding hydrogens is 288 g/mol. The zero-order valence-corrected chi connectivity index (χ0v) is 14.3. The van der Waals surface area contributed by atoms with Gasteiger partial charge < -0.3 is 10.1 Å². The Balaban J connectivity index is 0.00000211. The van der Waals surface area contributed by atoms with Crippen LogP contribution in [0.2, 0.25) is 0 Å². The molecule has 22 heavy (non-hydrogen) atoms. The van der Waals surface area contributed by atoms with E-state index in [9.17, 15) is 13.6 Å². The standard InChI is InChI=1S/C15H21F2NO2.C2H6/c1-10(2)5-6-18-14(19)15(3,4)20-13-8-11(16)7-12(17)9-13;1-2/h7-10H,5-6H2,1-4H3,(H,18,19);1-2H3. The van der Waals surface area contributed by atoms with Crippen LogP contribution < -0.4 is 10.1 Å². The lowest BCUT2D eigenvalue weighted by Gasteiger charge is -2.25. The van der Waals surface area contributed by atoms with Crippen LogP contribution in [0, 0.1) is 17.6 Å². The number of amides is 1. The summed E-state index contributed by atoms with van der Waals surface area (Å²) in [6, 6.07) is 2.85. The van der Waals surface area contributed by atoms with Gasteiger partial charge in [-0.2, -0.15) is 0 Å². The van der Waals surface area contributed by atoms with Crippen LogP contribution in [-0.4, -0.2) is 18.1 Å². The molecule has 0 unspecified atom stereocenters. The van der Waals surface area contributed by atoms with Gasteiger partial charge in [-0.3, -0.25) is 4.79 Å². The molecule has 126 valence electrons. The fraction of sp³-hybridized carbons (Fsp3) is 0.588. The second kappa shape index (κ2) is 9.38. The molecule has 0 aromatic heterocycles. The molecule has 0 aliphatic carbocycles. The summed E-state index contributed by atoms with van der Waals surface area (Å²) in [7, 11) is 0. The third-order valence-electron chi connectivity index (χ3n) is 2.76. The van der Waals surface area contributed by atoms with Crippen molar-refractivity contribution in [1.82, 2.24) is 5.32 Å². The molecule has 0 heterocycles. The van der Waals surface area contributed by atoms with Gasteiger partial charge in [0.1, 0.15) is 17.4 Å². The molecule has 0 saturated heterocycles. The van der Waals surface area contributed by atoms with E-state index in [-0.39, 0.29) is 11.7 Å². The molecule has 1 aromatic rings. The topological polar surface area (TPSA) is 38.3 Å². The lowest BCUT2D eigenvalue weighted by molar-refractivity contribution is -0.134. The molecule has 0 saturated carbocycles. The monoisotopic (exact) mass is 315 g/mol. The van der Waals surface area contributed by atoms with E-state index >= 15 is 0 Å².